The lowest BCUT2D eigenvalue weighted by Gasteiger charge is -2.24. The number of rotatable bonds is 4. The molecule has 1 aliphatic carbocycles. The van der Waals surface area contributed by atoms with Crippen LogP contribution < -0.4 is 0 Å². The molecule has 4 heteroatoms. The molecule has 1 radical (unpaired) electrons. The van der Waals surface area contributed by atoms with Gasteiger partial charge >= 0.3 is 11.9 Å². The Bertz CT molecular complexity index is 296. The van der Waals surface area contributed by atoms with Gasteiger partial charge in [-0.25, -0.2) is 0 Å². The zero-order valence-electron chi connectivity index (χ0n) is 9.49. The van der Waals surface area contributed by atoms with Gasteiger partial charge in [-0.1, -0.05) is 12.2 Å². The fourth-order valence-corrected chi connectivity index (χ4v) is 1.42. The minimum atomic E-state index is -1.44. The van der Waals surface area contributed by atoms with Gasteiger partial charge in [0.15, 0.2) is 0 Å². The highest BCUT2D eigenvalue weighted by molar-refractivity contribution is 6.04. The number of esters is 2. The van der Waals surface area contributed by atoms with E-state index < -0.39 is 17.4 Å². The topological polar surface area (TPSA) is 52.6 Å². The molecule has 0 aromatic heterocycles. The molecular weight excluding hydrogens is 208 g/mol. The predicted octanol–water partition coefficient (Wildman–Crippen LogP) is 1.42. The van der Waals surface area contributed by atoms with Gasteiger partial charge < -0.3 is 9.47 Å². The highest BCUT2D eigenvalue weighted by Crippen LogP contribution is 2.28. The van der Waals surface area contributed by atoms with Gasteiger partial charge in [0.2, 0.25) is 5.41 Å². The number of carbonyl (C=O) groups is 2. The summed E-state index contributed by atoms with van der Waals surface area (Å²) in [6, 6.07) is 0. The standard InChI is InChI=1S/C12H15O4/c1-3-15-10(13)12(11(14)16-4-2)8-6-5-7-9-12/h6,8-9H,3-5H2,1-2H3. The zero-order valence-corrected chi connectivity index (χ0v) is 9.49. The van der Waals surface area contributed by atoms with E-state index in [2.05, 4.69) is 6.08 Å². The molecule has 0 heterocycles. The molecule has 0 atom stereocenters. The van der Waals surface area contributed by atoms with Crippen LogP contribution in [0.4, 0.5) is 0 Å². The molecule has 0 aliphatic heterocycles. The summed E-state index contributed by atoms with van der Waals surface area (Å²) in [4.78, 5) is 23.6. The molecule has 0 saturated carbocycles. The van der Waals surface area contributed by atoms with E-state index in [1.165, 1.54) is 12.2 Å². The summed E-state index contributed by atoms with van der Waals surface area (Å²) in [5.74, 6) is -1.23. The monoisotopic (exact) mass is 223 g/mol. The smallest absolute Gasteiger partial charge is 0.331 e. The molecule has 4 nitrogen and oxygen atoms in total. The van der Waals surface area contributed by atoms with Crippen molar-refractivity contribution in [3.8, 4) is 0 Å². The third-order valence-electron chi connectivity index (χ3n) is 2.17. The quantitative estimate of drug-likeness (QED) is 0.411. The molecule has 0 aromatic carbocycles. The van der Waals surface area contributed by atoms with Crippen LogP contribution >= 0.6 is 0 Å². The minimum Gasteiger partial charge on any atom is -0.465 e. The van der Waals surface area contributed by atoms with Crippen molar-refractivity contribution in [3.63, 3.8) is 0 Å². The lowest BCUT2D eigenvalue weighted by Crippen LogP contribution is -2.39. The molecule has 0 amide bonds. The summed E-state index contributed by atoms with van der Waals surface area (Å²) >= 11 is 0. The molecule has 1 aliphatic rings. The first-order valence-corrected chi connectivity index (χ1v) is 5.27. The van der Waals surface area contributed by atoms with Gasteiger partial charge in [0.25, 0.3) is 0 Å². The summed E-state index contributed by atoms with van der Waals surface area (Å²) in [6.45, 7) is 3.83. The highest BCUT2D eigenvalue weighted by Gasteiger charge is 2.45. The van der Waals surface area contributed by atoms with Crippen LogP contribution in [0.2, 0.25) is 0 Å². The van der Waals surface area contributed by atoms with E-state index in [4.69, 9.17) is 9.47 Å². The fraction of sp³-hybridized carbons (Fsp3) is 0.500. The van der Waals surface area contributed by atoms with Gasteiger partial charge in [0.1, 0.15) is 0 Å². The first-order valence-electron chi connectivity index (χ1n) is 5.27. The summed E-state index contributed by atoms with van der Waals surface area (Å²) in [5, 5.41) is 0. The van der Waals surface area contributed by atoms with Gasteiger partial charge in [-0.2, -0.15) is 0 Å². The molecule has 16 heavy (non-hydrogen) atoms. The number of carbonyl (C=O) groups excluding carboxylic acids is 2. The van der Waals surface area contributed by atoms with E-state index in [1.54, 1.807) is 19.9 Å². The van der Waals surface area contributed by atoms with E-state index in [0.29, 0.717) is 6.42 Å². The second-order valence-electron chi connectivity index (χ2n) is 3.26. The normalized spacial score (nSPS) is 16.9. The lowest BCUT2D eigenvalue weighted by molar-refractivity contribution is -0.164. The summed E-state index contributed by atoms with van der Waals surface area (Å²) in [5.41, 5.74) is -1.44. The van der Waals surface area contributed by atoms with Crippen molar-refractivity contribution in [1.29, 1.82) is 0 Å². The van der Waals surface area contributed by atoms with Gasteiger partial charge in [-0.3, -0.25) is 9.59 Å². The van der Waals surface area contributed by atoms with Gasteiger partial charge in [-0.15, -0.1) is 0 Å². The van der Waals surface area contributed by atoms with Crippen LogP contribution in [-0.2, 0) is 19.1 Å². The Kier molecular flexibility index (Phi) is 4.28. The van der Waals surface area contributed by atoms with Crippen LogP contribution in [0.5, 0.6) is 0 Å². The Hall–Kier alpha value is -1.58. The molecule has 0 unspecified atom stereocenters. The lowest BCUT2D eigenvalue weighted by atomic mass is 9.84. The van der Waals surface area contributed by atoms with Crippen LogP contribution in [-0.4, -0.2) is 25.2 Å². The van der Waals surface area contributed by atoms with Crippen LogP contribution in [0.15, 0.2) is 18.2 Å². The molecule has 0 N–H and O–H groups in total. The summed E-state index contributed by atoms with van der Waals surface area (Å²) < 4.78 is 9.78. The average Bonchev–Trinajstić information content (AvgIpc) is 2.30. The third kappa shape index (κ3) is 2.32. The maximum Gasteiger partial charge on any atom is 0.331 e. The average molecular weight is 223 g/mol. The molecule has 0 bridgehead atoms. The van der Waals surface area contributed by atoms with Crippen molar-refractivity contribution in [2.24, 2.45) is 5.41 Å². The summed E-state index contributed by atoms with van der Waals surface area (Å²) in [6.07, 6.45) is 8.06. The van der Waals surface area contributed by atoms with Crippen molar-refractivity contribution in [1.82, 2.24) is 0 Å². The van der Waals surface area contributed by atoms with E-state index in [0.717, 1.165) is 0 Å². The number of hydrogen-bond donors (Lipinski definition) is 0. The van der Waals surface area contributed by atoms with Crippen molar-refractivity contribution in [2.45, 2.75) is 20.3 Å². The second-order valence-corrected chi connectivity index (χ2v) is 3.26. The van der Waals surface area contributed by atoms with E-state index in [1.807, 2.05) is 0 Å². The fourth-order valence-electron chi connectivity index (χ4n) is 1.42. The minimum absolute atomic E-state index is 0.224. The first kappa shape index (κ1) is 12.5. The molecule has 0 spiro atoms. The number of ether oxygens (including phenoxy) is 2. The van der Waals surface area contributed by atoms with Crippen LogP contribution in [0.1, 0.15) is 20.3 Å². The third-order valence-corrected chi connectivity index (χ3v) is 2.17. The van der Waals surface area contributed by atoms with Crippen molar-refractivity contribution in [2.75, 3.05) is 13.2 Å². The molecule has 0 aromatic rings. The molecule has 0 saturated heterocycles. The van der Waals surface area contributed by atoms with Gasteiger partial charge in [-0.05, 0) is 32.4 Å². The van der Waals surface area contributed by atoms with E-state index >= 15 is 0 Å². The maximum atomic E-state index is 11.8. The Balaban J connectivity index is 2.97. The molecule has 0 fully saturated rings. The number of hydrogen-bond acceptors (Lipinski definition) is 4. The SMILES string of the molecule is CCOC(=O)C1(C(=O)OCC)C=[C]CC=C1. The molecule has 87 valence electrons. The first-order chi connectivity index (χ1) is 7.67. The van der Waals surface area contributed by atoms with Gasteiger partial charge in [0.05, 0.1) is 13.2 Å². The Morgan fingerprint density at radius 1 is 1.25 bits per heavy atom. The Morgan fingerprint density at radius 3 is 2.19 bits per heavy atom. The second kappa shape index (κ2) is 5.49. The Labute approximate surface area is 94.9 Å². The Morgan fingerprint density at radius 2 is 1.81 bits per heavy atom. The molecular formula is C12H15O4. The number of allylic oxidation sites excluding steroid dienone is 2. The van der Waals surface area contributed by atoms with Crippen molar-refractivity contribution >= 4 is 11.9 Å². The van der Waals surface area contributed by atoms with Crippen molar-refractivity contribution < 1.29 is 19.1 Å². The van der Waals surface area contributed by atoms with Crippen LogP contribution in [0, 0.1) is 11.5 Å². The van der Waals surface area contributed by atoms with Gasteiger partial charge in [0, 0.05) is 0 Å². The van der Waals surface area contributed by atoms with E-state index in [-0.39, 0.29) is 13.2 Å². The van der Waals surface area contributed by atoms with Crippen LogP contribution in [0.25, 0.3) is 0 Å². The molecule has 1 rings (SSSR count). The van der Waals surface area contributed by atoms with Crippen molar-refractivity contribution in [3.05, 3.63) is 24.3 Å². The summed E-state index contributed by atoms with van der Waals surface area (Å²) in [7, 11) is 0. The highest BCUT2D eigenvalue weighted by atomic mass is 16.6. The maximum absolute atomic E-state index is 11.8. The predicted molar refractivity (Wildman–Crippen MR) is 57.3 cm³/mol. The van der Waals surface area contributed by atoms with E-state index in [9.17, 15) is 9.59 Å². The zero-order chi connectivity index (χ0) is 12.0. The van der Waals surface area contributed by atoms with Crippen LogP contribution in [0.3, 0.4) is 0 Å². The largest absolute Gasteiger partial charge is 0.465 e.